The second-order valence-electron chi connectivity index (χ2n) is 4.40. The molecular weight excluding hydrogens is 288 g/mol. The van der Waals surface area contributed by atoms with Gasteiger partial charge in [-0.1, -0.05) is 11.6 Å². The average molecular weight is 304 g/mol. The summed E-state index contributed by atoms with van der Waals surface area (Å²) in [7, 11) is 3.37. The molecule has 0 aliphatic rings. The first kappa shape index (κ1) is 15.4. The molecule has 0 fully saturated rings. The minimum Gasteiger partial charge on any atom is -0.493 e. The third-order valence-electron chi connectivity index (χ3n) is 2.97. The molecule has 4 nitrogen and oxygen atoms in total. The highest BCUT2D eigenvalue weighted by Crippen LogP contribution is 2.29. The number of methoxy groups -OCH3 is 1. The van der Waals surface area contributed by atoms with E-state index < -0.39 is 0 Å². The summed E-state index contributed by atoms with van der Waals surface area (Å²) in [6.07, 6.45) is 2.03. The van der Waals surface area contributed by atoms with Crippen molar-refractivity contribution in [2.75, 3.05) is 7.11 Å². The van der Waals surface area contributed by atoms with Crippen molar-refractivity contribution in [2.45, 2.75) is 12.9 Å². The van der Waals surface area contributed by atoms with Crippen LogP contribution in [0.3, 0.4) is 0 Å². The van der Waals surface area contributed by atoms with Crippen molar-refractivity contribution in [3.05, 3.63) is 52.8 Å². The Morgan fingerprint density at radius 3 is 2.71 bits per heavy atom. The smallest absolute Gasteiger partial charge is 0.161 e. The predicted molar refractivity (Wildman–Crippen MR) is 84.3 cm³/mol. The Balaban J connectivity index is 2.12. The first-order chi connectivity index (χ1) is 10.1. The molecule has 0 saturated carbocycles. The molecule has 2 rings (SSSR count). The molecule has 0 radical (unpaired) electrons. The zero-order valence-corrected chi connectivity index (χ0v) is 12.7. The van der Waals surface area contributed by atoms with Crippen molar-refractivity contribution in [3.63, 3.8) is 0 Å². The third-order valence-corrected chi connectivity index (χ3v) is 3.19. The largest absolute Gasteiger partial charge is 0.493 e. The summed E-state index contributed by atoms with van der Waals surface area (Å²) in [6, 6.07) is 8.71. The van der Waals surface area contributed by atoms with E-state index in [-0.39, 0.29) is 5.78 Å². The number of carbonyl (C=O) groups excluding carboxylic acids is 1. The van der Waals surface area contributed by atoms with Gasteiger partial charge in [-0.25, -0.2) is 0 Å². The lowest BCUT2D eigenvalue weighted by molar-refractivity contribution is 0.101. The van der Waals surface area contributed by atoms with E-state index in [9.17, 15) is 4.79 Å². The van der Waals surface area contributed by atoms with Crippen LogP contribution in [0.1, 0.15) is 16.1 Å². The second kappa shape index (κ2) is 7.13. The minimum absolute atomic E-state index is 0.0687. The van der Waals surface area contributed by atoms with Gasteiger partial charge in [0.15, 0.2) is 17.3 Å². The summed E-state index contributed by atoms with van der Waals surface area (Å²) < 4.78 is 10.9. The van der Waals surface area contributed by atoms with Gasteiger partial charge in [-0.2, -0.15) is 0 Å². The van der Waals surface area contributed by atoms with E-state index in [1.54, 1.807) is 43.6 Å². The van der Waals surface area contributed by atoms with Gasteiger partial charge >= 0.3 is 0 Å². The zero-order chi connectivity index (χ0) is 15.2. The number of aromatic nitrogens is 1. The van der Waals surface area contributed by atoms with Gasteiger partial charge in [0.25, 0.3) is 0 Å². The van der Waals surface area contributed by atoms with Gasteiger partial charge in [0.05, 0.1) is 17.8 Å². The minimum atomic E-state index is 0.0687. The van der Waals surface area contributed by atoms with Crippen LogP contribution in [-0.4, -0.2) is 25.7 Å². The van der Waals surface area contributed by atoms with E-state index in [1.807, 2.05) is 7.85 Å². The SMILES string of the molecule is BCC(=O)c1ccc(OCc2ccc(Cl)cn2)c(OC)c1. The van der Waals surface area contributed by atoms with Crippen LogP contribution in [0.2, 0.25) is 11.3 Å². The Kier molecular flexibility index (Phi) is 5.23. The molecule has 0 aliphatic carbocycles. The summed E-state index contributed by atoms with van der Waals surface area (Å²) in [5.41, 5.74) is 1.38. The molecule has 0 aliphatic heterocycles. The summed E-state index contributed by atoms with van der Waals surface area (Å²) in [6.45, 7) is 0.300. The predicted octanol–water partition coefficient (Wildman–Crippen LogP) is 2.56. The van der Waals surface area contributed by atoms with E-state index in [0.29, 0.717) is 35.0 Å². The van der Waals surface area contributed by atoms with Crippen LogP contribution in [0.4, 0.5) is 0 Å². The molecule has 0 amide bonds. The Hall–Kier alpha value is -2.01. The maximum absolute atomic E-state index is 11.7. The molecule has 2 aromatic rings. The molecule has 21 heavy (non-hydrogen) atoms. The van der Waals surface area contributed by atoms with Crippen molar-refractivity contribution in [3.8, 4) is 11.5 Å². The number of halogens is 1. The molecule has 1 aromatic carbocycles. The molecule has 0 unspecified atom stereocenters. The molecular formula is C15H15BClNO3. The number of pyridine rings is 1. The van der Waals surface area contributed by atoms with Gasteiger partial charge in [-0.3, -0.25) is 9.78 Å². The monoisotopic (exact) mass is 303 g/mol. The van der Waals surface area contributed by atoms with Gasteiger partial charge in [0.1, 0.15) is 14.5 Å². The lowest BCUT2D eigenvalue weighted by Crippen LogP contribution is -2.02. The van der Waals surface area contributed by atoms with Crippen molar-refractivity contribution < 1.29 is 14.3 Å². The highest BCUT2D eigenvalue weighted by Gasteiger charge is 2.10. The third kappa shape index (κ3) is 3.98. The number of rotatable bonds is 6. The number of ether oxygens (including phenoxy) is 2. The van der Waals surface area contributed by atoms with E-state index in [0.717, 1.165) is 5.69 Å². The maximum atomic E-state index is 11.7. The molecule has 6 heteroatoms. The fraction of sp³-hybridized carbons (Fsp3) is 0.200. The van der Waals surface area contributed by atoms with Gasteiger partial charge in [0, 0.05) is 11.8 Å². The van der Waals surface area contributed by atoms with Crippen LogP contribution in [-0.2, 0) is 6.61 Å². The Morgan fingerprint density at radius 2 is 2.10 bits per heavy atom. The fourth-order valence-electron chi connectivity index (χ4n) is 1.81. The van der Waals surface area contributed by atoms with E-state index in [2.05, 4.69) is 4.98 Å². The first-order valence-corrected chi connectivity index (χ1v) is 6.96. The Bertz CT molecular complexity index is 631. The second-order valence-corrected chi connectivity index (χ2v) is 4.84. The highest BCUT2D eigenvalue weighted by atomic mass is 35.5. The summed E-state index contributed by atoms with van der Waals surface area (Å²) in [4.78, 5) is 15.8. The van der Waals surface area contributed by atoms with E-state index in [1.165, 1.54) is 0 Å². The van der Waals surface area contributed by atoms with Crippen LogP contribution in [0.5, 0.6) is 11.5 Å². The van der Waals surface area contributed by atoms with E-state index >= 15 is 0 Å². The van der Waals surface area contributed by atoms with Crippen LogP contribution in [0.15, 0.2) is 36.5 Å². The molecule has 0 spiro atoms. The standard InChI is InChI=1S/C15H15BClNO3/c1-20-15-6-10(13(19)7-16)2-5-14(15)21-9-12-4-3-11(17)8-18-12/h2-6,8H,7,9,16H2,1H3. The number of hydrogen-bond acceptors (Lipinski definition) is 4. The van der Waals surface area contributed by atoms with Crippen LogP contribution < -0.4 is 9.47 Å². The highest BCUT2D eigenvalue weighted by molar-refractivity contribution is 6.30. The molecule has 0 N–H and O–H groups in total. The molecule has 1 heterocycles. The van der Waals surface area contributed by atoms with Crippen molar-refractivity contribution in [1.82, 2.24) is 4.98 Å². The summed E-state index contributed by atoms with van der Waals surface area (Å²) in [5, 5.41) is 0.582. The number of ketones is 1. The van der Waals surface area contributed by atoms with Gasteiger partial charge in [-0.15, -0.1) is 0 Å². The maximum Gasteiger partial charge on any atom is 0.161 e. The number of carbonyl (C=O) groups is 1. The summed E-state index contributed by atoms with van der Waals surface area (Å²) in [5.74, 6) is 1.17. The van der Waals surface area contributed by atoms with Crippen LogP contribution in [0, 0.1) is 0 Å². The van der Waals surface area contributed by atoms with Gasteiger partial charge in [0.2, 0.25) is 0 Å². The first-order valence-electron chi connectivity index (χ1n) is 6.58. The number of nitrogens with zero attached hydrogens (tertiary/aromatic N) is 1. The summed E-state index contributed by atoms with van der Waals surface area (Å²) >= 11 is 5.78. The lowest BCUT2D eigenvalue weighted by Gasteiger charge is -2.11. The number of benzene rings is 1. The Morgan fingerprint density at radius 1 is 1.29 bits per heavy atom. The molecule has 1 aromatic heterocycles. The molecule has 0 saturated heterocycles. The lowest BCUT2D eigenvalue weighted by atomic mass is 9.96. The molecule has 0 atom stereocenters. The van der Waals surface area contributed by atoms with Crippen LogP contribution in [0.25, 0.3) is 0 Å². The number of hydrogen-bond donors (Lipinski definition) is 0. The van der Waals surface area contributed by atoms with Crippen molar-refractivity contribution in [1.29, 1.82) is 0 Å². The van der Waals surface area contributed by atoms with Gasteiger partial charge in [-0.05, 0) is 36.7 Å². The average Bonchev–Trinajstić information content (AvgIpc) is 2.53. The molecule has 0 bridgehead atoms. The number of Topliss-reactive ketones (excluding diaryl/α,β-unsaturated/α-hetero) is 1. The topological polar surface area (TPSA) is 48.4 Å². The van der Waals surface area contributed by atoms with Crippen molar-refractivity contribution >= 4 is 25.2 Å². The quantitative estimate of drug-likeness (QED) is 0.608. The van der Waals surface area contributed by atoms with Crippen molar-refractivity contribution in [2.24, 2.45) is 0 Å². The fourth-order valence-corrected chi connectivity index (χ4v) is 1.92. The van der Waals surface area contributed by atoms with Gasteiger partial charge < -0.3 is 9.47 Å². The molecule has 108 valence electrons. The zero-order valence-electron chi connectivity index (χ0n) is 11.9. The van der Waals surface area contributed by atoms with Crippen LogP contribution >= 0.6 is 11.6 Å². The normalized spacial score (nSPS) is 10.2. The Labute approximate surface area is 129 Å². The van der Waals surface area contributed by atoms with E-state index in [4.69, 9.17) is 21.1 Å².